The van der Waals surface area contributed by atoms with Crippen molar-refractivity contribution in [1.82, 2.24) is 0 Å². The number of para-hydroxylation sites is 1. The van der Waals surface area contributed by atoms with Gasteiger partial charge in [0.1, 0.15) is 6.04 Å². The molecule has 1 aromatic carbocycles. The normalized spacial score (nSPS) is 17.3. The Morgan fingerprint density at radius 1 is 1.21 bits per heavy atom. The van der Waals surface area contributed by atoms with Crippen LogP contribution in [-0.2, 0) is 11.2 Å². The first-order valence-electron chi connectivity index (χ1n) is 5.93. The van der Waals surface area contributed by atoms with E-state index >= 15 is 0 Å². The van der Waals surface area contributed by atoms with Crippen LogP contribution in [0, 0.1) is 0 Å². The van der Waals surface area contributed by atoms with E-state index in [1.165, 1.54) is 16.2 Å². The summed E-state index contributed by atoms with van der Waals surface area (Å²) in [6.07, 6.45) is 0.489. The van der Waals surface area contributed by atoms with Gasteiger partial charge in [-0.25, -0.2) is 0 Å². The average Bonchev–Trinajstić information content (AvgIpc) is 3.05. The van der Waals surface area contributed by atoms with E-state index < -0.39 is 11.9 Å². The number of primary amides is 1. The summed E-state index contributed by atoms with van der Waals surface area (Å²) >= 11 is 1.36. The smallest absolute Gasteiger partial charge is 0.269 e. The lowest BCUT2D eigenvalue weighted by molar-refractivity contribution is -0.119. The first-order valence-corrected chi connectivity index (χ1v) is 6.80. The highest BCUT2D eigenvalue weighted by Gasteiger charge is 2.37. The van der Waals surface area contributed by atoms with Gasteiger partial charge in [-0.05, 0) is 23.1 Å². The molecule has 0 spiro atoms. The topological polar surface area (TPSA) is 63.4 Å². The Kier molecular flexibility index (Phi) is 2.83. The van der Waals surface area contributed by atoms with E-state index in [1.807, 2.05) is 35.7 Å². The minimum Gasteiger partial charge on any atom is -0.368 e. The molecule has 1 aromatic heterocycles. The molecule has 3 rings (SSSR count). The van der Waals surface area contributed by atoms with Gasteiger partial charge in [0, 0.05) is 12.1 Å². The predicted molar refractivity (Wildman–Crippen MR) is 74.3 cm³/mol. The van der Waals surface area contributed by atoms with Crippen molar-refractivity contribution < 1.29 is 9.59 Å². The van der Waals surface area contributed by atoms with Crippen LogP contribution in [0.25, 0.3) is 0 Å². The van der Waals surface area contributed by atoms with Gasteiger partial charge in [0.25, 0.3) is 5.91 Å². The van der Waals surface area contributed by atoms with Crippen molar-refractivity contribution in [3.63, 3.8) is 0 Å². The van der Waals surface area contributed by atoms with E-state index in [1.54, 1.807) is 6.07 Å². The average molecular weight is 272 g/mol. The van der Waals surface area contributed by atoms with E-state index in [2.05, 4.69) is 0 Å². The van der Waals surface area contributed by atoms with Crippen molar-refractivity contribution in [3.8, 4) is 0 Å². The number of nitrogens with two attached hydrogens (primary N) is 1. The highest BCUT2D eigenvalue weighted by atomic mass is 32.1. The maximum Gasteiger partial charge on any atom is 0.269 e. The van der Waals surface area contributed by atoms with Crippen molar-refractivity contribution in [2.45, 2.75) is 12.5 Å². The van der Waals surface area contributed by atoms with E-state index in [-0.39, 0.29) is 5.91 Å². The molecule has 19 heavy (non-hydrogen) atoms. The Labute approximate surface area is 114 Å². The summed E-state index contributed by atoms with van der Waals surface area (Å²) in [6.45, 7) is 0. The number of nitrogens with zero attached hydrogens (tertiary/aromatic N) is 1. The zero-order valence-electron chi connectivity index (χ0n) is 10.1. The molecular weight excluding hydrogens is 260 g/mol. The molecule has 0 aliphatic carbocycles. The van der Waals surface area contributed by atoms with Crippen molar-refractivity contribution in [1.29, 1.82) is 0 Å². The van der Waals surface area contributed by atoms with Gasteiger partial charge in [-0.2, -0.15) is 0 Å². The van der Waals surface area contributed by atoms with E-state index in [0.29, 0.717) is 11.3 Å². The Bertz CT molecular complexity index is 637. The van der Waals surface area contributed by atoms with E-state index in [4.69, 9.17) is 5.73 Å². The number of amides is 2. The van der Waals surface area contributed by atoms with Crippen LogP contribution in [0.4, 0.5) is 5.69 Å². The SMILES string of the molecule is NC(=O)[C@@H]1Cc2ccccc2N1C(=O)c1cccs1. The van der Waals surface area contributed by atoms with Crippen LogP contribution in [0.2, 0.25) is 0 Å². The van der Waals surface area contributed by atoms with Gasteiger partial charge in [0.2, 0.25) is 5.91 Å². The number of hydrogen-bond donors (Lipinski definition) is 1. The Morgan fingerprint density at radius 3 is 2.68 bits per heavy atom. The summed E-state index contributed by atoms with van der Waals surface area (Å²) in [4.78, 5) is 26.2. The summed E-state index contributed by atoms with van der Waals surface area (Å²) < 4.78 is 0. The molecule has 1 atom stereocenters. The lowest BCUT2D eigenvalue weighted by Gasteiger charge is -2.22. The number of hydrogen-bond acceptors (Lipinski definition) is 3. The van der Waals surface area contributed by atoms with Crippen molar-refractivity contribution in [2.75, 3.05) is 4.90 Å². The number of carbonyl (C=O) groups is 2. The van der Waals surface area contributed by atoms with Crippen molar-refractivity contribution >= 4 is 28.8 Å². The van der Waals surface area contributed by atoms with Gasteiger partial charge in [-0.1, -0.05) is 24.3 Å². The van der Waals surface area contributed by atoms with Crippen molar-refractivity contribution in [2.24, 2.45) is 5.73 Å². The zero-order chi connectivity index (χ0) is 13.4. The number of benzene rings is 1. The standard InChI is InChI=1S/C14H12N2O2S/c15-13(17)11-8-9-4-1-2-5-10(9)16(11)14(18)12-6-3-7-19-12/h1-7,11H,8H2,(H2,15,17)/t11-/m0/s1. The molecule has 2 amide bonds. The summed E-state index contributed by atoms with van der Waals surface area (Å²) in [7, 11) is 0. The fraction of sp³-hybridized carbons (Fsp3) is 0.143. The molecule has 1 aliphatic rings. The third-order valence-corrected chi connectivity index (χ3v) is 4.11. The minimum atomic E-state index is -0.591. The molecule has 5 heteroatoms. The molecule has 0 radical (unpaired) electrons. The largest absolute Gasteiger partial charge is 0.368 e. The molecule has 0 saturated heterocycles. The number of carbonyl (C=O) groups excluding carboxylic acids is 2. The van der Waals surface area contributed by atoms with Crippen LogP contribution in [0.5, 0.6) is 0 Å². The molecule has 1 aliphatic heterocycles. The summed E-state index contributed by atoms with van der Waals surface area (Å²) in [5.41, 5.74) is 7.19. The first-order chi connectivity index (χ1) is 9.18. The monoisotopic (exact) mass is 272 g/mol. The fourth-order valence-electron chi connectivity index (χ4n) is 2.38. The second kappa shape index (κ2) is 4.51. The van der Waals surface area contributed by atoms with Crippen LogP contribution >= 0.6 is 11.3 Å². The molecule has 2 heterocycles. The molecular formula is C14H12N2O2S. The number of rotatable bonds is 2. The molecule has 0 bridgehead atoms. The summed E-state index contributed by atoms with van der Waals surface area (Å²) in [5, 5.41) is 1.84. The van der Waals surface area contributed by atoms with E-state index in [0.717, 1.165) is 11.3 Å². The number of thiophene rings is 1. The zero-order valence-corrected chi connectivity index (χ0v) is 10.9. The molecule has 0 fully saturated rings. The molecule has 96 valence electrons. The maximum atomic E-state index is 12.5. The molecule has 2 N–H and O–H groups in total. The van der Waals surface area contributed by atoms with Crippen LogP contribution in [-0.4, -0.2) is 17.9 Å². The van der Waals surface area contributed by atoms with Crippen LogP contribution < -0.4 is 10.6 Å². The van der Waals surface area contributed by atoms with Crippen LogP contribution in [0.15, 0.2) is 41.8 Å². The summed E-state index contributed by atoms with van der Waals surface area (Å²) in [5.74, 6) is -0.634. The quantitative estimate of drug-likeness (QED) is 0.906. The molecule has 4 nitrogen and oxygen atoms in total. The third kappa shape index (κ3) is 1.92. The van der Waals surface area contributed by atoms with Gasteiger partial charge >= 0.3 is 0 Å². The van der Waals surface area contributed by atoms with Crippen molar-refractivity contribution in [3.05, 3.63) is 52.2 Å². The van der Waals surface area contributed by atoms with Gasteiger partial charge in [0.05, 0.1) is 4.88 Å². The molecule has 0 saturated carbocycles. The third-order valence-electron chi connectivity index (χ3n) is 3.26. The van der Waals surface area contributed by atoms with E-state index in [9.17, 15) is 9.59 Å². The van der Waals surface area contributed by atoms with Gasteiger partial charge in [-0.15, -0.1) is 11.3 Å². The number of fused-ring (bicyclic) bond motifs is 1. The fourth-order valence-corrected chi connectivity index (χ4v) is 3.04. The summed E-state index contributed by atoms with van der Waals surface area (Å²) in [6, 6.07) is 10.5. The highest BCUT2D eigenvalue weighted by molar-refractivity contribution is 7.12. The van der Waals surface area contributed by atoms with Crippen LogP contribution in [0.3, 0.4) is 0 Å². The lowest BCUT2D eigenvalue weighted by Crippen LogP contribution is -2.45. The molecule has 2 aromatic rings. The minimum absolute atomic E-state index is 0.163. The highest BCUT2D eigenvalue weighted by Crippen LogP contribution is 2.33. The second-order valence-corrected chi connectivity index (χ2v) is 5.35. The Balaban J connectivity index is 2.05. The van der Waals surface area contributed by atoms with Gasteiger partial charge < -0.3 is 5.73 Å². The van der Waals surface area contributed by atoms with Gasteiger partial charge in [-0.3, -0.25) is 14.5 Å². The number of anilines is 1. The Morgan fingerprint density at radius 2 is 2.00 bits per heavy atom. The van der Waals surface area contributed by atoms with Crippen LogP contribution in [0.1, 0.15) is 15.2 Å². The Hall–Kier alpha value is -2.14. The molecule has 0 unspecified atom stereocenters. The lowest BCUT2D eigenvalue weighted by atomic mass is 10.1. The first kappa shape index (κ1) is 11.9. The van der Waals surface area contributed by atoms with Gasteiger partial charge in [0.15, 0.2) is 0 Å². The maximum absolute atomic E-state index is 12.5. The predicted octanol–water partition coefficient (Wildman–Crippen LogP) is 1.80. The second-order valence-electron chi connectivity index (χ2n) is 4.40.